The van der Waals surface area contributed by atoms with Crippen LogP contribution in [0, 0.1) is 0 Å². The molecule has 0 spiro atoms. The fraction of sp³-hybridized carbons (Fsp3) is 0. The Morgan fingerprint density at radius 1 is 0.268 bits per heavy atom. The van der Waals surface area contributed by atoms with Crippen molar-refractivity contribution < 1.29 is 8.83 Å². The number of nitrogens with zero attached hydrogens (tertiary/aromatic N) is 4. The van der Waals surface area contributed by atoms with Crippen molar-refractivity contribution in [2.45, 2.75) is 0 Å². The summed E-state index contributed by atoms with van der Waals surface area (Å²) in [6, 6.07) is 61.5. The van der Waals surface area contributed by atoms with Crippen LogP contribution in [-0.2, 0) is 0 Å². The molecular formula is C50H30N4O2. The van der Waals surface area contributed by atoms with Crippen molar-refractivity contribution in [2.75, 3.05) is 0 Å². The number of fused-ring (bicyclic) bond motifs is 7. The van der Waals surface area contributed by atoms with Crippen LogP contribution in [0.25, 0.3) is 112 Å². The summed E-state index contributed by atoms with van der Waals surface area (Å²) in [6.07, 6.45) is 0. The van der Waals surface area contributed by atoms with E-state index in [4.69, 9.17) is 28.8 Å². The molecule has 4 heterocycles. The summed E-state index contributed by atoms with van der Waals surface area (Å²) in [7, 11) is 0. The van der Waals surface area contributed by atoms with Gasteiger partial charge in [-0.25, -0.2) is 19.9 Å². The predicted molar refractivity (Wildman–Crippen MR) is 225 cm³/mol. The van der Waals surface area contributed by atoms with Gasteiger partial charge in [-0.15, -0.1) is 0 Å². The van der Waals surface area contributed by atoms with Crippen molar-refractivity contribution in [3.05, 3.63) is 182 Å². The molecule has 262 valence electrons. The molecule has 0 atom stereocenters. The Kier molecular flexibility index (Phi) is 7.38. The van der Waals surface area contributed by atoms with Gasteiger partial charge in [0.05, 0.1) is 22.8 Å². The van der Waals surface area contributed by atoms with Gasteiger partial charge in [0.15, 0.2) is 22.8 Å². The Morgan fingerprint density at radius 2 is 0.607 bits per heavy atom. The summed E-state index contributed by atoms with van der Waals surface area (Å²) in [4.78, 5) is 20.1. The first-order valence-electron chi connectivity index (χ1n) is 18.5. The maximum Gasteiger partial charge on any atom is 0.178 e. The monoisotopic (exact) mass is 718 g/mol. The molecule has 0 amide bonds. The third kappa shape index (κ3) is 5.51. The lowest BCUT2D eigenvalue weighted by molar-refractivity contribution is 0.633. The Bertz CT molecular complexity index is 2900. The molecule has 0 aliphatic rings. The molecule has 0 radical (unpaired) electrons. The van der Waals surface area contributed by atoms with Crippen LogP contribution in [0.3, 0.4) is 0 Å². The lowest BCUT2D eigenvalue weighted by Gasteiger charge is -2.09. The number of furan rings is 2. The average molecular weight is 719 g/mol. The minimum atomic E-state index is 0.678. The zero-order valence-corrected chi connectivity index (χ0v) is 29.9. The maximum absolute atomic E-state index is 6.57. The van der Waals surface area contributed by atoms with Gasteiger partial charge in [0.1, 0.15) is 11.2 Å². The topological polar surface area (TPSA) is 77.8 Å². The third-order valence-electron chi connectivity index (χ3n) is 10.3. The van der Waals surface area contributed by atoms with Gasteiger partial charge >= 0.3 is 0 Å². The van der Waals surface area contributed by atoms with Gasteiger partial charge in [-0.3, -0.25) is 0 Å². The van der Waals surface area contributed by atoms with E-state index in [1.54, 1.807) is 0 Å². The van der Waals surface area contributed by atoms with Crippen molar-refractivity contribution in [3.63, 3.8) is 0 Å². The van der Waals surface area contributed by atoms with E-state index in [0.717, 1.165) is 88.9 Å². The van der Waals surface area contributed by atoms with Crippen molar-refractivity contribution in [1.29, 1.82) is 0 Å². The summed E-state index contributed by atoms with van der Waals surface area (Å²) in [6.45, 7) is 0. The highest BCUT2D eigenvalue weighted by Crippen LogP contribution is 2.41. The zero-order chi connectivity index (χ0) is 37.0. The molecule has 7 aromatic carbocycles. The molecule has 0 saturated carbocycles. The van der Waals surface area contributed by atoms with Gasteiger partial charge in [-0.1, -0.05) is 121 Å². The summed E-state index contributed by atoms with van der Waals surface area (Å²) in [5, 5.41) is 3.93. The maximum atomic E-state index is 6.57. The number of aromatic nitrogens is 4. The van der Waals surface area contributed by atoms with Gasteiger partial charge in [0.2, 0.25) is 0 Å². The fourth-order valence-electron chi connectivity index (χ4n) is 7.52. The van der Waals surface area contributed by atoms with Crippen molar-refractivity contribution in [2.24, 2.45) is 0 Å². The van der Waals surface area contributed by atoms with Crippen molar-refractivity contribution in [1.82, 2.24) is 19.9 Å². The number of hydrogen-bond acceptors (Lipinski definition) is 6. The second kappa shape index (κ2) is 13.0. The normalized spacial score (nSPS) is 11.6. The molecule has 11 rings (SSSR count). The summed E-state index contributed by atoms with van der Waals surface area (Å²) in [5.74, 6) is 1.36. The summed E-state index contributed by atoms with van der Waals surface area (Å²) in [5.41, 5.74) is 12.3. The second-order valence-electron chi connectivity index (χ2n) is 13.8. The molecule has 4 aromatic heterocycles. The molecule has 6 heteroatoms. The van der Waals surface area contributed by atoms with Gasteiger partial charge in [0, 0.05) is 54.9 Å². The van der Waals surface area contributed by atoms with Crippen LogP contribution in [0.15, 0.2) is 191 Å². The first kappa shape index (κ1) is 31.8. The van der Waals surface area contributed by atoms with Crippen LogP contribution in [0.4, 0.5) is 0 Å². The van der Waals surface area contributed by atoms with E-state index in [9.17, 15) is 0 Å². The van der Waals surface area contributed by atoms with E-state index in [1.165, 1.54) is 0 Å². The first-order chi connectivity index (χ1) is 27.7. The minimum Gasteiger partial charge on any atom is -0.452 e. The largest absolute Gasteiger partial charge is 0.452 e. The molecule has 0 unspecified atom stereocenters. The standard InChI is InChI=1S/C50H30N4O2/c1-5-13-31(14-6-1)41-29-43(53-49(51-41)33-17-9-3-10-18-33)35-21-25-45-39(27-35)37-23-24-38-40-28-36(22-26-46(40)56-48(38)47(37)55-45)44-30-42(32-15-7-2-8-16-32)52-50(54-44)34-19-11-4-12-20-34/h1-30H. The second-order valence-corrected chi connectivity index (χ2v) is 13.8. The smallest absolute Gasteiger partial charge is 0.178 e. The van der Waals surface area contributed by atoms with E-state index in [2.05, 4.69) is 72.8 Å². The van der Waals surface area contributed by atoms with E-state index >= 15 is 0 Å². The highest BCUT2D eigenvalue weighted by Gasteiger charge is 2.19. The molecule has 56 heavy (non-hydrogen) atoms. The Balaban J connectivity index is 1.03. The molecule has 6 nitrogen and oxygen atoms in total. The molecule has 0 fully saturated rings. The van der Waals surface area contributed by atoms with E-state index in [0.29, 0.717) is 22.8 Å². The van der Waals surface area contributed by atoms with Crippen LogP contribution in [0.5, 0.6) is 0 Å². The molecule has 0 saturated heterocycles. The van der Waals surface area contributed by atoms with Gasteiger partial charge < -0.3 is 8.83 Å². The SMILES string of the molecule is c1ccc(-c2cc(-c3ccc4oc5c(ccc6c7cc(-c8cc(-c9ccccc9)nc(-c9ccccc9)n8)ccc7oc65)c4c3)nc(-c3ccccc3)n2)cc1. The molecule has 0 aliphatic carbocycles. The van der Waals surface area contributed by atoms with E-state index in [-0.39, 0.29) is 0 Å². The molecule has 0 bridgehead atoms. The average Bonchev–Trinajstić information content (AvgIpc) is 3.85. The fourth-order valence-corrected chi connectivity index (χ4v) is 7.52. The highest BCUT2D eigenvalue weighted by molar-refractivity contribution is 6.19. The van der Waals surface area contributed by atoms with E-state index < -0.39 is 0 Å². The lowest BCUT2D eigenvalue weighted by atomic mass is 10.0. The van der Waals surface area contributed by atoms with Crippen molar-refractivity contribution >= 4 is 43.9 Å². The van der Waals surface area contributed by atoms with Gasteiger partial charge in [-0.2, -0.15) is 0 Å². The molecule has 11 aromatic rings. The zero-order valence-electron chi connectivity index (χ0n) is 29.9. The van der Waals surface area contributed by atoms with Gasteiger partial charge in [0.25, 0.3) is 0 Å². The molecule has 0 aliphatic heterocycles. The first-order valence-corrected chi connectivity index (χ1v) is 18.5. The molecular weight excluding hydrogens is 689 g/mol. The number of hydrogen-bond donors (Lipinski definition) is 0. The van der Waals surface area contributed by atoms with E-state index in [1.807, 2.05) is 109 Å². The summed E-state index contributed by atoms with van der Waals surface area (Å²) < 4.78 is 13.1. The quantitative estimate of drug-likeness (QED) is 0.170. The van der Waals surface area contributed by atoms with Crippen molar-refractivity contribution in [3.8, 4) is 67.8 Å². The minimum absolute atomic E-state index is 0.678. The van der Waals surface area contributed by atoms with Crippen LogP contribution >= 0.6 is 0 Å². The van der Waals surface area contributed by atoms with Gasteiger partial charge in [-0.05, 0) is 60.7 Å². The van der Waals surface area contributed by atoms with Crippen LogP contribution in [-0.4, -0.2) is 19.9 Å². The Morgan fingerprint density at radius 3 is 0.982 bits per heavy atom. The number of rotatable bonds is 6. The molecule has 0 N–H and O–H groups in total. The highest BCUT2D eigenvalue weighted by atomic mass is 16.4. The number of benzene rings is 7. The van der Waals surface area contributed by atoms with Crippen LogP contribution < -0.4 is 0 Å². The third-order valence-corrected chi connectivity index (χ3v) is 10.3. The Hall–Kier alpha value is -7.70. The predicted octanol–water partition coefficient (Wildman–Crippen LogP) is 13.1. The Labute approximate surface area is 321 Å². The summed E-state index contributed by atoms with van der Waals surface area (Å²) >= 11 is 0. The van der Waals surface area contributed by atoms with Crippen LogP contribution in [0.1, 0.15) is 0 Å². The lowest BCUT2D eigenvalue weighted by Crippen LogP contribution is -1.95. The van der Waals surface area contributed by atoms with Crippen LogP contribution in [0.2, 0.25) is 0 Å².